The number of nitrogens with zero attached hydrogens (tertiary/aromatic N) is 3. The van der Waals surface area contributed by atoms with Crippen molar-refractivity contribution in [3.8, 4) is 5.75 Å². The smallest absolute Gasteiger partial charge is 0.168 e. The first-order valence-corrected chi connectivity index (χ1v) is 34.9. The fraction of sp³-hybridized carbons (Fsp3) is 0.446. The highest BCUT2D eigenvalue weighted by Gasteiger charge is 2.24. The van der Waals surface area contributed by atoms with Crippen molar-refractivity contribution in [2.45, 2.75) is 264 Å². The van der Waals surface area contributed by atoms with Crippen molar-refractivity contribution in [1.82, 2.24) is 15.0 Å². The molecule has 562 valence electrons. The molecule has 9 rings (SSSR count). The minimum atomic E-state index is -0.477. The van der Waals surface area contributed by atoms with Gasteiger partial charge in [0, 0.05) is 51.9 Å². The molecule has 0 fully saturated rings. The van der Waals surface area contributed by atoms with Gasteiger partial charge in [0.05, 0.1) is 12.8 Å². The van der Waals surface area contributed by atoms with Crippen LogP contribution in [0, 0.1) is 42.9 Å². The van der Waals surface area contributed by atoms with E-state index in [1.807, 2.05) is 123 Å². The normalized spacial score (nSPS) is 11.4. The van der Waals surface area contributed by atoms with Crippen molar-refractivity contribution in [2.24, 2.45) is 0 Å². The Kier molecular flexibility index (Phi) is 40.1. The molecule has 10 heteroatoms. The number of rotatable bonds is 1. The highest BCUT2D eigenvalue weighted by atomic mass is 35.5. The first-order valence-electron chi connectivity index (χ1n) is 34.5. The molecule has 0 amide bonds. The van der Waals surface area contributed by atoms with E-state index < -0.39 is 17.0 Å². The number of hydrogen-bond donors (Lipinski definition) is 0. The average Bonchev–Trinajstić information content (AvgIpc) is 0.827. The predicted octanol–water partition coefficient (Wildman–Crippen LogP) is 28.3. The Morgan fingerprint density at radius 2 is 0.735 bits per heavy atom. The summed E-state index contributed by atoms with van der Waals surface area (Å²) < 4.78 is 70.9. The molecule has 0 atom stereocenters. The molecule has 0 spiro atoms. The van der Waals surface area contributed by atoms with Crippen LogP contribution in [0.3, 0.4) is 0 Å². The monoisotopic (exact) mass is 1420 g/mol. The molecule has 6 aromatic carbocycles. The van der Waals surface area contributed by atoms with Crippen LogP contribution in [-0.4, -0.2) is 22.1 Å². The molecule has 0 saturated heterocycles. The van der Waals surface area contributed by atoms with Gasteiger partial charge in [-0.15, -0.1) is 0 Å². The molecule has 3 aromatic heterocycles. The van der Waals surface area contributed by atoms with Crippen LogP contribution >= 0.6 is 11.6 Å². The summed E-state index contributed by atoms with van der Waals surface area (Å²) in [6.07, 6.45) is 7.17. The van der Waals surface area contributed by atoms with Gasteiger partial charge in [-0.3, -0.25) is 15.0 Å². The summed E-state index contributed by atoms with van der Waals surface area (Å²) in [5.74, 6) is -1.21. The number of benzene rings is 6. The van der Waals surface area contributed by atoms with E-state index >= 15 is 0 Å². The standard InChI is InChI=1S/C11H15FO.2C11H16.C10H13Cl.C10H12F2.C10H13F.C9H12FN.2C9H13N.2CH4/c1-11(2,3)8-6-5-7-9(13-4)10(8)12;1-9-5-7-10(8-6-9)11(2,3)4;1-9-6-5-7-10(8-9)11(2,3)4;1-10(2,3)8-4-6-9(11)7-5-8;1-10(2,3)9-7(11)5-4-6-8(9)12;1-10(2,3)8-6-4-5-7-9(8)11;1-9(2,3)8-7(10)5-4-6-11-8;1-9(2,3)8-5-4-6-10-7-8;1-9(2,3)8-6-4-5-7-10-8;;/h5-7H,1-4H3;2*5-8H,1-4H3;4-7H,1-3H3;4-6H,1-3H3;4-7H,1-3H3;4-6H,1-3H3;2*4-7H,1-3H3;2*1H4. The van der Waals surface area contributed by atoms with Gasteiger partial charge >= 0.3 is 0 Å². The predicted molar refractivity (Wildman–Crippen MR) is 434 cm³/mol. The number of methoxy groups -OCH3 is 1. The second kappa shape index (κ2) is 42.3. The second-order valence-electron chi connectivity index (χ2n) is 34.2. The molecule has 0 saturated carbocycles. The van der Waals surface area contributed by atoms with Crippen LogP contribution < -0.4 is 4.74 Å². The van der Waals surface area contributed by atoms with E-state index in [2.05, 4.69) is 205 Å². The van der Waals surface area contributed by atoms with Crippen LogP contribution in [0.1, 0.15) is 263 Å². The quantitative estimate of drug-likeness (QED) is 0.154. The van der Waals surface area contributed by atoms with Gasteiger partial charge in [0.15, 0.2) is 11.6 Å². The topological polar surface area (TPSA) is 47.9 Å². The van der Waals surface area contributed by atoms with Gasteiger partial charge in [-0.05, 0) is 152 Å². The van der Waals surface area contributed by atoms with E-state index in [0.29, 0.717) is 17.0 Å². The fourth-order valence-electron chi connectivity index (χ4n) is 9.20. The Morgan fingerprint density at radius 1 is 0.324 bits per heavy atom. The van der Waals surface area contributed by atoms with Gasteiger partial charge in [0.25, 0.3) is 0 Å². The maximum atomic E-state index is 13.6. The Morgan fingerprint density at radius 3 is 1.07 bits per heavy atom. The molecule has 102 heavy (non-hydrogen) atoms. The second-order valence-corrected chi connectivity index (χ2v) is 34.6. The Balaban J connectivity index is 0. The molecular formula is C92H131ClF5N3O. The lowest BCUT2D eigenvalue weighted by molar-refractivity contribution is 0.378. The number of hydrogen-bond acceptors (Lipinski definition) is 4. The van der Waals surface area contributed by atoms with Crippen molar-refractivity contribution in [2.75, 3.05) is 7.11 Å². The van der Waals surface area contributed by atoms with Gasteiger partial charge < -0.3 is 4.74 Å². The van der Waals surface area contributed by atoms with E-state index in [9.17, 15) is 22.0 Å². The summed E-state index contributed by atoms with van der Waals surface area (Å²) in [6, 6.07) is 54.6. The number of pyridine rings is 3. The highest BCUT2D eigenvalue weighted by Crippen LogP contribution is 2.32. The Labute approximate surface area is 623 Å². The lowest BCUT2D eigenvalue weighted by atomic mass is 9.86. The maximum absolute atomic E-state index is 13.6. The number of aromatic nitrogens is 3. The molecule has 0 unspecified atom stereocenters. The fourth-order valence-corrected chi connectivity index (χ4v) is 9.32. The largest absolute Gasteiger partial charge is 0.494 e. The van der Waals surface area contributed by atoms with Crippen LogP contribution in [0.4, 0.5) is 22.0 Å². The highest BCUT2D eigenvalue weighted by molar-refractivity contribution is 6.30. The van der Waals surface area contributed by atoms with E-state index in [0.717, 1.165) is 16.3 Å². The van der Waals surface area contributed by atoms with Gasteiger partial charge in [-0.1, -0.05) is 334 Å². The summed E-state index contributed by atoms with van der Waals surface area (Å²) in [4.78, 5) is 12.3. The van der Waals surface area contributed by atoms with Gasteiger partial charge in [0.2, 0.25) is 0 Å². The van der Waals surface area contributed by atoms with E-state index in [-0.39, 0.29) is 81.2 Å². The molecule has 0 N–H and O–H groups in total. The molecule has 0 radical (unpaired) electrons. The first kappa shape index (κ1) is 96.6. The average molecular weight is 1430 g/mol. The Hall–Kier alpha value is -7.49. The van der Waals surface area contributed by atoms with Crippen LogP contribution in [0.15, 0.2) is 201 Å². The first-order chi connectivity index (χ1) is 45.6. The SMILES string of the molecule is C.C.CC(C)(C)c1c(F)cccc1F.CC(C)(C)c1ccc(Cl)cc1.CC(C)(C)c1ccccc1F.CC(C)(C)c1ccccn1.CC(C)(C)c1cccnc1.CC(C)(C)c1ncccc1F.COc1cccc(C(C)(C)C)c1F.Cc1ccc(C(C)(C)C)cc1.Cc1cccc(C(C)(C)C)c1. The van der Waals surface area contributed by atoms with Crippen molar-refractivity contribution in [1.29, 1.82) is 0 Å². The van der Waals surface area contributed by atoms with Crippen molar-refractivity contribution in [3.63, 3.8) is 0 Å². The zero-order chi connectivity index (χ0) is 77.1. The third-order valence-electron chi connectivity index (χ3n) is 15.3. The molecule has 0 aliphatic rings. The van der Waals surface area contributed by atoms with E-state index in [4.69, 9.17) is 16.3 Å². The summed E-state index contributed by atoms with van der Waals surface area (Å²) in [7, 11) is 1.48. The number of aryl methyl sites for hydroxylation is 2. The number of halogens is 6. The summed E-state index contributed by atoms with van der Waals surface area (Å²) >= 11 is 5.76. The van der Waals surface area contributed by atoms with Crippen LogP contribution in [-0.2, 0) is 48.7 Å². The zero-order valence-corrected chi connectivity index (χ0v) is 67.3. The zero-order valence-electron chi connectivity index (χ0n) is 66.6. The van der Waals surface area contributed by atoms with Crippen LogP contribution in [0.5, 0.6) is 5.75 Å². The lowest BCUT2D eigenvalue weighted by Gasteiger charge is -2.20. The van der Waals surface area contributed by atoms with Crippen LogP contribution in [0.25, 0.3) is 0 Å². The molecule has 0 bridgehead atoms. The van der Waals surface area contributed by atoms with Crippen molar-refractivity contribution >= 4 is 11.6 Å². The summed E-state index contributed by atoms with van der Waals surface area (Å²) in [5.41, 5.74) is 11.7. The third-order valence-corrected chi connectivity index (χ3v) is 15.6. The van der Waals surface area contributed by atoms with Gasteiger partial charge in [0.1, 0.15) is 23.3 Å². The van der Waals surface area contributed by atoms with Crippen molar-refractivity contribution < 1.29 is 26.7 Å². The van der Waals surface area contributed by atoms with Gasteiger partial charge in [-0.2, -0.15) is 0 Å². The molecule has 4 nitrogen and oxygen atoms in total. The van der Waals surface area contributed by atoms with Crippen molar-refractivity contribution in [3.05, 3.63) is 296 Å². The van der Waals surface area contributed by atoms with Gasteiger partial charge in [-0.25, -0.2) is 22.0 Å². The lowest BCUT2D eigenvalue weighted by Crippen LogP contribution is -2.15. The molecule has 0 aliphatic heterocycles. The molecular weight excluding hydrogens is 1290 g/mol. The third kappa shape index (κ3) is 37.1. The van der Waals surface area contributed by atoms with Crippen LogP contribution in [0.2, 0.25) is 5.02 Å². The molecule has 9 aromatic rings. The summed E-state index contributed by atoms with van der Waals surface area (Å²) in [6.45, 7) is 60.4. The summed E-state index contributed by atoms with van der Waals surface area (Å²) in [5, 5.41) is 0.804. The minimum Gasteiger partial charge on any atom is -0.494 e. The molecule has 0 aliphatic carbocycles. The molecule has 3 heterocycles. The minimum absolute atomic E-state index is 0. The maximum Gasteiger partial charge on any atom is 0.168 e. The van der Waals surface area contributed by atoms with E-state index in [1.54, 1.807) is 57.4 Å². The number of ether oxygens (including phenoxy) is 1. The Bertz CT molecular complexity index is 3590. The van der Waals surface area contributed by atoms with E-state index in [1.165, 1.54) is 70.8 Å².